The first kappa shape index (κ1) is 21.1. The second-order valence-corrected chi connectivity index (χ2v) is 7.29. The number of fused-ring (bicyclic) bond motifs is 1. The Morgan fingerprint density at radius 2 is 1.76 bits per heavy atom. The summed E-state index contributed by atoms with van der Waals surface area (Å²) in [6.07, 6.45) is 0.0735. The van der Waals surface area contributed by atoms with Crippen molar-refractivity contribution in [3.05, 3.63) is 64.1 Å². The van der Waals surface area contributed by atoms with Crippen LogP contribution in [0.2, 0.25) is 0 Å². The Morgan fingerprint density at radius 1 is 1.07 bits per heavy atom. The van der Waals surface area contributed by atoms with Crippen molar-refractivity contribution in [3.63, 3.8) is 0 Å². The highest BCUT2D eigenvalue weighted by molar-refractivity contribution is 5.76. The lowest BCUT2D eigenvalue weighted by Gasteiger charge is -2.15. The number of rotatable bonds is 9. The molecule has 1 heterocycles. The van der Waals surface area contributed by atoms with Gasteiger partial charge in [0.25, 0.3) is 0 Å². The van der Waals surface area contributed by atoms with Gasteiger partial charge in [-0.05, 0) is 41.8 Å². The predicted molar refractivity (Wildman–Crippen MR) is 113 cm³/mol. The Kier molecular flexibility index (Phi) is 6.74. The molecule has 0 aliphatic carbocycles. The molecule has 0 aliphatic rings. The maximum Gasteiger partial charge on any atom is 0.328 e. The molecule has 156 valence electrons. The molecule has 2 atom stereocenters. The summed E-state index contributed by atoms with van der Waals surface area (Å²) < 4.78 is 8.89. The molecule has 7 nitrogen and oxygen atoms in total. The molecule has 3 rings (SSSR count). The number of aryl methyl sites for hydroxylation is 2. The van der Waals surface area contributed by atoms with Gasteiger partial charge in [-0.15, -0.1) is 0 Å². The minimum atomic E-state index is -0.800. The molecular weight excluding hydrogens is 370 g/mol. The predicted octanol–water partition coefficient (Wildman–Crippen LogP) is 1.85. The van der Waals surface area contributed by atoms with E-state index in [4.69, 9.17) is 4.74 Å². The zero-order chi connectivity index (χ0) is 21.0. The molecule has 0 amide bonds. The summed E-state index contributed by atoms with van der Waals surface area (Å²) in [7, 11) is 3.45. The quantitative estimate of drug-likeness (QED) is 0.511. The topological polar surface area (TPSA) is 88.7 Å². The van der Waals surface area contributed by atoms with E-state index < -0.39 is 6.10 Å². The van der Waals surface area contributed by atoms with Crippen LogP contribution in [-0.2, 0) is 20.6 Å². The third-order valence-corrected chi connectivity index (χ3v) is 5.32. The van der Waals surface area contributed by atoms with Crippen LogP contribution in [0.15, 0.2) is 47.3 Å². The number of nitrogens with one attached hydrogen (secondary N) is 1. The highest BCUT2D eigenvalue weighted by atomic mass is 16.5. The van der Waals surface area contributed by atoms with Crippen molar-refractivity contribution in [1.82, 2.24) is 14.5 Å². The van der Waals surface area contributed by atoms with E-state index in [0.29, 0.717) is 17.9 Å². The van der Waals surface area contributed by atoms with Crippen molar-refractivity contribution in [1.29, 1.82) is 0 Å². The molecule has 2 unspecified atom stereocenters. The molecule has 0 saturated heterocycles. The molecule has 7 heteroatoms. The van der Waals surface area contributed by atoms with Crippen LogP contribution in [0.3, 0.4) is 0 Å². The van der Waals surface area contributed by atoms with Crippen molar-refractivity contribution in [3.8, 4) is 5.75 Å². The summed E-state index contributed by atoms with van der Waals surface area (Å²) in [5.41, 5.74) is 3.31. The largest absolute Gasteiger partial charge is 0.491 e. The van der Waals surface area contributed by atoms with Gasteiger partial charge in [0, 0.05) is 26.7 Å². The lowest BCUT2D eigenvalue weighted by Crippen LogP contribution is -2.31. The average molecular weight is 399 g/mol. The van der Waals surface area contributed by atoms with E-state index >= 15 is 0 Å². The molecule has 0 radical (unpaired) electrons. The lowest BCUT2D eigenvalue weighted by atomic mass is 10.1. The molecule has 0 spiro atoms. The Hall–Kier alpha value is -2.61. The minimum Gasteiger partial charge on any atom is -0.491 e. The summed E-state index contributed by atoms with van der Waals surface area (Å²) in [5, 5.41) is 23.0. The summed E-state index contributed by atoms with van der Waals surface area (Å²) >= 11 is 0. The van der Waals surface area contributed by atoms with E-state index in [1.165, 1.54) is 0 Å². The fraction of sp³-hybridized carbons (Fsp3) is 0.409. The second kappa shape index (κ2) is 9.26. The molecule has 2 aromatic carbocycles. The lowest BCUT2D eigenvalue weighted by molar-refractivity contribution is 0.108. The molecule has 0 bridgehead atoms. The zero-order valence-corrected chi connectivity index (χ0v) is 17.1. The van der Waals surface area contributed by atoms with Crippen molar-refractivity contribution >= 4 is 11.0 Å². The van der Waals surface area contributed by atoms with Gasteiger partial charge < -0.3 is 20.3 Å². The molecule has 3 aromatic rings. The van der Waals surface area contributed by atoms with E-state index in [9.17, 15) is 15.0 Å². The smallest absolute Gasteiger partial charge is 0.328 e. The normalized spacial score (nSPS) is 13.6. The summed E-state index contributed by atoms with van der Waals surface area (Å²) in [6, 6.07) is 13.2. The maximum atomic E-state index is 12.0. The van der Waals surface area contributed by atoms with Crippen molar-refractivity contribution in [2.45, 2.75) is 32.0 Å². The number of aromatic nitrogens is 2. The average Bonchev–Trinajstić information content (AvgIpc) is 2.97. The Labute approximate surface area is 170 Å². The van der Waals surface area contributed by atoms with E-state index in [1.807, 2.05) is 49.4 Å². The number of hydrogen-bond acceptors (Lipinski definition) is 5. The van der Waals surface area contributed by atoms with Gasteiger partial charge in [0.15, 0.2) is 0 Å². The number of imidazole rings is 1. The highest BCUT2D eigenvalue weighted by Crippen LogP contribution is 2.21. The van der Waals surface area contributed by atoms with Gasteiger partial charge in [0.05, 0.1) is 17.6 Å². The molecular formula is C22H29N3O4. The van der Waals surface area contributed by atoms with Gasteiger partial charge in [-0.2, -0.15) is 0 Å². The van der Waals surface area contributed by atoms with Crippen molar-refractivity contribution in [2.24, 2.45) is 14.1 Å². The Morgan fingerprint density at radius 3 is 2.41 bits per heavy atom. The Bertz CT molecular complexity index is 1000. The first-order chi connectivity index (χ1) is 13.9. The molecule has 0 aliphatic heterocycles. The summed E-state index contributed by atoms with van der Waals surface area (Å²) in [4.78, 5) is 12.0. The van der Waals surface area contributed by atoms with Gasteiger partial charge in [0.1, 0.15) is 18.5 Å². The van der Waals surface area contributed by atoms with E-state index in [1.54, 1.807) is 23.2 Å². The maximum absolute atomic E-state index is 12.0. The number of nitrogens with zero attached hydrogens (tertiary/aromatic N) is 2. The van der Waals surface area contributed by atoms with Crippen LogP contribution >= 0.6 is 0 Å². The van der Waals surface area contributed by atoms with Crippen molar-refractivity contribution < 1.29 is 14.9 Å². The number of ether oxygens (including phenoxy) is 1. The first-order valence-electron chi connectivity index (χ1n) is 9.84. The molecule has 0 fully saturated rings. The van der Waals surface area contributed by atoms with Crippen LogP contribution in [0.4, 0.5) is 0 Å². The molecule has 0 saturated carbocycles. The van der Waals surface area contributed by atoms with Gasteiger partial charge in [-0.25, -0.2) is 4.79 Å². The van der Waals surface area contributed by atoms with Gasteiger partial charge in [0.2, 0.25) is 0 Å². The SMILES string of the molecule is CCC(CO)NCc1ccc(OCC(O)c2ccc3c(c2)n(C)c(=O)n3C)cc1. The van der Waals surface area contributed by atoms with Crippen LogP contribution in [0.1, 0.15) is 30.6 Å². The molecule has 29 heavy (non-hydrogen) atoms. The van der Waals surface area contributed by atoms with Crippen LogP contribution < -0.4 is 15.7 Å². The molecule has 1 aromatic heterocycles. The van der Waals surface area contributed by atoms with Gasteiger partial charge in [-0.3, -0.25) is 9.13 Å². The van der Waals surface area contributed by atoms with E-state index in [0.717, 1.165) is 23.0 Å². The number of aliphatic hydroxyl groups excluding tert-OH is 2. The van der Waals surface area contributed by atoms with E-state index in [-0.39, 0.29) is 24.9 Å². The van der Waals surface area contributed by atoms with Crippen LogP contribution in [0, 0.1) is 0 Å². The summed E-state index contributed by atoms with van der Waals surface area (Å²) in [6.45, 7) is 2.95. The van der Waals surface area contributed by atoms with E-state index in [2.05, 4.69) is 5.32 Å². The standard InChI is InChI=1S/C22H29N3O4/c1-4-17(13-26)23-12-15-5-8-18(9-6-15)29-14-21(27)16-7-10-19-20(11-16)25(3)22(28)24(19)2/h5-11,17,21,23,26-27H,4,12-14H2,1-3H3. The van der Waals surface area contributed by atoms with Gasteiger partial charge in [-0.1, -0.05) is 25.1 Å². The first-order valence-corrected chi connectivity index (χ1v) is 9.84. The number of hydrogen-bond donors (Lipinski definition) is 3. The van der Waals surface area contributed by atoms with Crippen LogP contribution in [0.5, 0.6) is 5.75 Å². The fourth-order valence-corrected chi connectivity index (χ4v) is 3.31. The minimum absolute atomic E-state index is 0.0956. The van der Waals surface area contributed by atoms with Crippen LogP contribution in [0.25, 0.3) is 11.0 Å². The zero-order valence-electron chi connectivity index (χ0n) is 17.1. The third kappa shape index (κ3) is 4.70. The summed E-state index contributed by atoms with van der Waals surface area (Å²) in [5.74, 6) is 0.676. The van der Waals surface area contributed by atoms with Crippen LogP contribution in [-0.4, -0.2) is 38.6 Å². The van der Waals surface area contributed by atoms with Crippen molar-refractivity contribution in [2.75, 3.05) is 13.2 Å². The van der Waals surface area contributed by atoms with Gasteiger partial charge >= 0.3 is 5.69 Å². The monoisotopic (exact) mass is 399 g/mol. The number of aliphatic hydroxyl groups is 2. The molecule has 3 N–H and O–H groups in total. The Balaban J connectivity index is 1.60. The fourth-order valence-electron chi connectivity index (χ4n) is 3.31. The third-order valence-electron chi connectivity index (χ3n) is 5.32. The second-order valence-electron chi connectivity index (χ2n) is 7.29. The highest BCUT2D eigenvalue weighted by Gasteiger charge is 2.13. The number of benzene rings is 2.